The van der Waals surface area contributed by atoms with Crippen molar-refractivity contribution in [3.63, 3.8) is 0 Å². The van der Waals surface area contributed by atoms with Crippen molar-refractivity contribution in [2.45, 2.75) is 32.9 Å². The van der Waals surface area contributed by atoms with Crippen LogP contribution in [0.1, 0.15) is 31.4 Å². The average Bonchev–Trinajstić information content (AvgIpc) is 3.13. The Hall–Kier alpha value is -2.46. The first-order valence-corrected chi connectivity index (χ1v) is 8.84. The van der Waals surface area contributed by atoms with Gasteiger partial charge in [-0.3, -0.25) is 9.69 Å². The molecule has 1 aliphatic rings. The molecule has 0 aromatic heterocycles. The van der Waals surface area contributed by atoms with Gasteiger partial charge in [0.25, 0.3) is 5.91 Å². The Morgan fingerprint density at radius 3 is 2.36 bits per heavy atom. The smallest absolute Gasteiger partial charge is 0.256 e. The topological polar surface area (TPSA) is 35.9 Å². The SMILES string of the molecule is CC(C)N(CC(=O)N1CCC(c2ccccc2)=N1)Cc1ccccc1. The molecule has 1 heterocycles. The fourth-order valence-electron chi connectivity index (χ4n) is 2.96. The molecule has 1 amide bonds. The number of carbonyl (C=O) groups is 1. The maximum absolute atomic E-state index is 12.7. The molecule has 25 heavy (non-hydrogen) atoms. The largest absolute Gasteiger partial charge is 0.288 e. The number of hydrogen-bond acceptors (Lipinski definition) is 3. The fraction of sp³-hybridized carbons (Fsp3) is 0.333. The van der Waals surface area contributed by atoms with Gasteiger partial charge in [0.15, 0.2) is 0 Å². The van der Waals surface area contributed by atoms with Crippen LogP contribution in [-0.4, -0.2) is 40.7 Å². The van der Waals surface area contributed by atoms with Crippen molar-refractivity contribution in [2.75, 3.05) is 13.1 Å². The van der Waals surface area contributed by atoms with Crippen molar-refractivity contribution in [3.8, 4) is 0 Å². The van der Waals surface area contributed by atoms with Crippen LogP contribution in [0, 0.1) is 0 Å². The Kier molecular flexibility index (Phi) is 5.61. The molecule has 0 bridgehead atoms. The van der Waals surface area contributed by atoms with Crippen LogP contribution in [0.3, 0.4) is 0 Å². The van der Waals surface area contributed by atoms with E-state index in [0.29, 0.717) is 19.1 Å². The average molecular weight is 335 g/mol. The van der Waals surface area contributed by atoms with Gasteiger partial charge in [-0.25, -0.2) is 5.01 Å². The Morgan fingerprint density at radius 2 is 1.72 bits per heavy atom. The number of benzene rings is 2. The quantitative estimate of drug-likeness (QED) is 0.809. The highest BCUT2D eigenvalue weighted by molar-refractivity contribution is 6.02. The lowest BCUT2D eigenvalue weighted by Crippen LogP contribution is -2.40. The van der Waals surface area contributed by atoms with Crippen LogP contribution < -0.4 is 0 Å². The van der Waals surface area contributed by atoms with Crippen LogP contribution in [0.2, 0.25) is 0 Å². The molecule has 2 aromatic carbocycles. The summed E-state index contributed by atoms with van der Waals surface area (Å²) in [5, 5.41) is 6.18. The lowest BCUT2D eigenvalue weighted by Gasteiger charge is -2.27. The van der Waals surface area contributed by atoms with Crippen molar-refractivity contribution in [3.05, 3.63) is 71.8 Å². The first-order chi connectivity index (χ1) is 12.1. The van der Waals surface area contributed by atoms with Gasteiger partial charge in [-0.2, -0.15) is 5.10 Å². The van der Waals surface area contributed by atoms with E-state index in [2.05, 4.69) is 36.0 Å². The molecule has 0 aliphatic carbocycles. The van der Waals surface area contributed by atoms with Gasteiger partial charge >= 0.3 is 0 Å². The molecule has 4 nitrogen and oxygen atoms in total. The van der Waals surface area contributed by atoms with Gasteiger partial charge in [0.1, 0.15) is 0 Å². The molecule has 0 atom stereocenters. The summed E-state index contributed by atoms with van der Waals surface area (Å²) in [4.78, 5) is 14.9. The third-order valence-corrected chi connectivity index (χ3v) is 4.49. The Balaban J connectivity index is 1.65. The highest BCUT2D eigenvalue weighted by Gasteiger charge is 2.24. The molecule has 0 fully saturated rings. The molecule has 0 saturated heterocycles. The maximum Gasteiger partial charge on any atom is 0.256 e. The van der Waals surface area contributed by atoms with E-state index in [1.165, 1.54) is 5.56 Å². The van der Waals surface area contributed by atoms with E-state index >= 15 is 0 Å². The zero-order valence-electron chi connectivity index (χ0n) is 14.9. The van der Waals surface area contributed by atoms with E-state index in [-0.39, 0.29) is 5.91 Å². The molecule has 0 radical (unpaired) electrons. The van der Waals surface area contributed by atoms with Gasteiger partial charge in [-0.15, -0.1) is 0 Å². The molecule has 0 saturated carbocycles. The minimum atomic E-state index is 0.0653. The number of rotatable bonds is 6. The van der Waals surface area contributed by atoms with E-state index in [1.807, 2.05) is 48.5 Å². The zero-order valence-corrected chi connectivity index (χ0v) is 14.9. The molecule has 2 aromatic rings. The van der Waals surface area contributed by atoms with E-state index in [0.717, 1.165) is 24.2 Å². The monoisotopic (exact) mass is 335 g/mol. The summed E-state index contributed by atoms with van der Waals surface area (Å²) in [5.41, 5.74) is 3.31. The summed E-state index contributed by atoms with van der Waals surface area (Å²) in [6.07, 6.45) is 0.816. The summed E-state index contributed by atoms with van der Waals surface area (Å²) in [6, 6.07) is 20.7. The van der Waals surface area contributed by atoms with E-state index in [9.17, 15) is 4.79 Å². The first-order valence-electron chi connectivity index (χ1n) is 8.84. The number of carbonyl (C=O) groups excluding carboxylic acids is 1. The molecule has 130 valence electrons. The minimum absolute atomic E-state index is 0.0653. The second-order valence-electron chi connectivity index (χ2n) is 6.66. The normalized spacial score (nSPS) is 14.2. The van der Waals surface area contributed by atoms with Crippen LogP contribution >= 0.6 is 0 Å². The van der Waals surface area contributed by atoms with E-state index < -0.39 is 0 Å². The summed E-state index contributed by atoms with van der Waals surface area (Å²) >= 11 is 0. The molecule has 0 spiro atoms. The number of hydrazone groups is 1. The number of amides is 1. The van der Waals surface area contributed by atoms with Gasteiger partial charge < -0.3 is 0 Å². The zero-order chi connectivity index (χ0) is 17.6. The molecule has 3 rings (SSSR count). The second kappa shape index (κ2) is 8.08. The van der Waals surface area contributed by atoms with Crippen molar-refractivity contribution in [1.82, 2.24) is 9.91 Å². The van der Waals surface area contributed by atoms with Crippen molar-refractivity contribution in [2.24, 2.45) is 5.10 Å². The molecular formula is C21H25N3O. The number of hydrogen-bond donors (Lipinski definition) is 0. The summed E-state index contributed by atoms with van der Waals surface area (Å²) in [7, 11) is 0. The maximum atomic E-state index is 12.7. The lowest BCUT2D eigenvalue weighted by molar-refractivity contribution is -0.132. The third-order valence-electron chi connectivity index (χ3n) is 4.49. The summed E-state index contributed by atoms with van der Waals surface area (Å²) < 4.78 is 0. The number of nitrogens with zero attached hydrogens (tertiary/aromatic N) is 3. The molecule has 4 heteroatoms. The lowest BCUT2D eigenvalue weighted by atomic mass is 10.1. The van der Waals surface area contributed by atoms with Crippen LogP contribution in [0.25, 0.3) is 0 Å². The molecule has 1 aliphatic heterocycles. The Bertz CT molecular complexity index is 725. The van der Waals surface area contributed by atoms with Gasteiger partial charge in [-0.05, 0) is 25.0 Å². The van der Waals surface area contributed by atoms with Crippen molar-refractivity contribution >= 4 is 11.6 Å². The standard InChI is InChI=1S/C21H25N3O/c1-17(2)23(15-18-9-5-3-6-10-18)16-21(25)24-14-13-20(22-24)19-11-7-4-8-12-19/h3-12,17H,13-16H2,1-2H3. The molecule has 0 unspecified atom stereocenters. The van der Waals surface area contributed by atoms with Gasteiger partial charge in [-0.1, -0.05) is 60.7 Å². The minimum Gasteiger partial charge on any atom is -0.288 e. The first kappa shape index (κ1) is 17.4. The highest BCUT2D eigenvalue weighted by atomic mass is 16.2. The predicted octanol–water partition coefficient (Wildman–Crippen LogP) is 3.53. The van der Waals surface area contributed by atoms with Crippen LogP contribution in [0.4, 0.5) is 0 Å². The van der Waals surface area contributed by atoms with E-state index in [1.54, 1.807) is 5.01 Å². The molecule has 0 N–H and O–H groups in total. The van der Waals surface area contributed by atoms with Crippen molar-refractivity contribution in [1.29, 1.82) is 0 Å². The highest BCUT2D eigenvalue weighted by Crippen LogP contribution is 2.15. The van der Waals surface area contributed by atoms with Gasteiger partial charge in [0.2, 0.25) is 0 Å². The fourth-order valence-corrected chi connectivity index (χ4v) is 2.96. The van der Waals surface area contributed by atoms with Crippen LogP contribution in [0.5, 0.6) is 0 Å². The Morgan fingerprint density at radius 1 is 1.08 bits per heavy atom. The van der Waals surface area contributed by atoms with E-state index in [4.69, 9.17) is 0 Å². The molecular weight excluding hydrogens is 310 g/mol. The summed E-state index contributed by atoms with van der Waals surface area (Å²) in [6.45, 7) is 6.07. The second-order valence-corrected chi connectivity index (χ2v) is 6.66. The van der Waals surface area contributed by atoms with Gasteiger partial charge in [0.05, 0.1) is 18.8 Å². The predicted molar refractivity (Wildman–Crippen MR) is 101 cm³/mol. The van der Waals surface area contributed by atoms with Crippen LogP contribution in [-0.2, 0) is 11.3 Å². The Labute approximate surface area is 149 Å². The van der Waals surface area contributed by atoms with Crippen LogP contribution in [0.15, 0.2) is 65.8 Å². The van der Waals surface area contributed by atoms with Gasteiger partial charge in [0, 0.05) is 19.0 Å². The third kappa shape index (κ3) is 4.54. The van der Waals surface area contributed by atoms with Crippen molar-refractivity contribution < 1.29 is 4.79 Å². The summed E-state index contributed by atoms with van der Waals surface area (Å²) in [5.74, 6) is 0.0653.